The number of hydrogen-bond acceptors (Lipinski definition) is 3. The van der Waals surface area contributed by atoms with E-state index in [4.69, 9.17) is 4.74 Å². The summed E-state index contributed by atoms with van der Waals surface area (Å²) in [6, 6.07) is 7.12. The van der Waals surface area contributed by atoms with Crippen LogP contribution in [-0.2, 0) is 9.53 Å². The number of esters is 1. The number of aliphatic hydroxyl groups excluding tert-OH is 1. The number of benzene rings is 1. The number of hydrogen-bond donors (Lipinski definition) is 1. The molecule has 0 aliphatic rings. The lowest BCUT2D eigenvalue weighted by Crippen LogP contribution is -2.24. The molecule has 0 bridgehead atoms. The molecule has 5 heteroatoms. The number of carbonyl (C=O) groups excluding carboxylic acids is 1. The lowest BCUT2D eigenvalue weighted by atomic mass is 10.1. The van der Waals surface area contributed by atoms with Crippen LogP contribution >= 0.6 is 31.9 Å². The van der Waals surface area contributed by atoms with Crippen molar-refractivity contribution in [1.82, 2.24) is 0 Å². The number of ether oxygens (including phenoxy) is 1. The van der Waals surface area contributed by atoms with Crippen LogP contribution in [0.4, 0.5) is 0 Å². The highest BCUT2D eigenvalue weighted by Gasteiger charge is 2.26. The van der Waals surface area contributed by atoms with Gasteiger partial charge in [0.1, 0.15) is 10.9 Å². The highest BCUT2D eigenvalue weighted by molar-refractivity contribution is 9.10. The predicted molar refractivity (Wildman–Crippen MR) is 68.4 cm³/mol. The highest BCUT2D eigenvalue weighted by atomic mass is 79.9. The smallest absolute Gasteiger partial charge is 0.322 e. The minimum absolute atomic E-state index is 0.300. The SMILES string of the molecule is CCOC(=O)[C@H](Br)[C@H](O)c1ccc(Br)cc1. The third-order valence-electron chi connectivity index (χ3n) is 2.00. The summed E-state index contributed by atoms with van der Waals surface area (Å²) in [7, 11) is 0. The summed E-state index contributed by atoms with van der Waals surface area (Å²) in [5, 5.41) is 9.91. The second kappa shape index (κ2) is 6.37. The molecule has 3 nitrogen and oxygen atoms in total. The molecule has 0 saturated carbocycles. The van der Waals surface area contributed by atoms with Gasteiger partial charge in [0.15, 0.2) is 0 Å². The van der Waals surface area contributed by atoms with Crippen molar-refractivity contribution < 1.29 is 14.6 Å². The Labute approximate surface area is 111 Å². The van der Waals surface area contributed by atoms with E-state index in [0.29, 0.717) is 12.2 Å². The zero-order chi connectivity index (χ0) is 12.1. The monoisotopic (exact) mass is 350 g/mol. The van der Waals surface area contributed by atoms with E-state index in [1.165, 1.54) is 0 Å². The first-order chi connectivity index (χ1) is 7.56. The third-order valence-corrected chi connectivity index (χ3v) is 3.40. The number of rotatable bonds is 4. The summed E-state index contributed by atoms with van der Waals surface area (Å²) in [6.45, 7) is 2.03. The van der Waals surface area contributed by atoms with E-state index in [9.17, 15) is 9.90 Å². The van der Waals surface area contributed by atoms with Crippen molar-refractivity contribution >= 4 is 37.8 Å². The fourth-order valence-electron chi connectivity index (χ4n) is 1.18. The van der Waals surface area contributed by atoms with E-state index in [-0.39, 0.29) is 0 Å². The topological polar surface area (TPSA) is 46.5 Å². The van der Waals surface area contributed by atoms with Crippen LogP contribution in [0.3, 0.4) is 0 Å². The molecule has 0 fully saturated rings. The molecule has 0 aliphatic heterocycles. The minimum Gasteiger partial charge on any atom is -0.465 e. The zero-order valence-corrected chi connectivity index (χ0v) is 11.9. The molecule has 88 valence electrons. The van der Waals surface area contributed by atoms with Crippen molar-refractivity contribution in [3.63, 3.8) is 0 Å². The molecule has 0 aromatic heterocycles. The fraction of sp³-hybridized carbons (Fsp3) is 0.364. The van der Waals surface area contributed by atoms with Crippen molar-refractivity contribution in [2.75, 3.05) is 6.61 Å². The van der Waals surface area contributed by atoms with Gasteiger partial charge in [-0.2, -0.15) is 0 Å². The molecular weight excluding hydrogens is 340 g/mol. The number of aliphatic hydroxyl groups is 1. The summed E-state index contributed by atoms with van der Waals surface area (Å²) in [4.78, 5) is 10.6. The van der Waals surface area contributed by atoms with Crippen LogP contribution in [0.15, 0.2) is 28.7 Å². The molecule has 1 rings (SSSR count). The van der Waals surface area contributed by atoms with Gasteiger partial charge in [0.2, 0.25) is 0 Å². The maximum atomic E-state index is 11.4. The summed E-state index contributed by atoms with van der Waals surface area (Å²) in [5.41, 5.74) is 0.665. The van der Waals surface area contributed by atoms with Gasteiger partial charge in [0, 0.05) is 4.47 Å². The summed E-state index contributed by atoms with van der Waals surface area (Å²) in [6.07, 6.45) is -0.910. The molecule has 0 spiro atoms. The molecule has 0 saturated heterocycles. The van der Waals surface area contributed by atoms with Crippen LogP contribution in [0.25, 0.3) is 0 Å². The first-order valence-corrected chi connectivity index (χ1v) is 6.51. The third kappa shape index (κ3) is 3.57. The Morgan fingerprint density at radius 3 is 2.50 bits per heavy atom. The second-order valence-electron chi connectivity index (χ2n) is 3.15. The molecule has 0 heterocycles. The quantitative estimate of drug-likeness (QED) is 0.670. The Morgan fingerprint density at radius 1 is 1.44 bits per heavy atom. The van der Waals surface area contributed by atoms with Gasteiger partial charge in [-0.25, -0.2) is 0 Å². The predicted octanol–water partition coefficient (Wildman–Crippen LogP) is 2.81. The number of halogens is 2. The standard InChI is InChI=1S/C11H12Br2O3/c1-2-16-11(15)9(13)10(14)7-3-5-8(12)6-4-7/h3-6,9-10,14H,2H2,1H3/t9-,10-/m1/s1. The highest BCUT2D eigenvalue weighted by Crippen LogP contribution is 2.24. The van der Waals surface area contributed by atoms with E-state index in [1.807, 2.05) is 12.1 Å². The minimum atomic E-state index is -0.910. The van der Waals surface area contributed by atoms with Crippen LogP contribution in [0, 0.1) is 0 Å². The molecule has 1 N–H and O–H groups in total. The summed E-state index contributed by atoms with van der Waals surface area (Å²) < 4.78 is 5.74. The molecule has 16 heavy (non-hydrogen) atoms. The maximum absolute atomic E-state index is 11.4. The molecule has 0 radical (unpaired) electrons. The van der Waals surface area contributed by atoms with Crippen LogP contribution in [0.2, 0.25) is 0 Å². The molecule has 1 aromatic carbocycles. The van der Waals surface area contributed by atoms with Crippen molar-refractivity contribution in [3.8, 4) is 0 Å². The van der Waals surface area contributed by atoms with Crippen molar-refractivity contribution in [3.05, 3.63) is 34.3 Å². The van der Waals surface area contributed by atoms with Crippen LogP contribution < -0.4 is 0 Å². The van der Waals surface area contributed by atoms with Crippen molar-refractivity contribution in [2.45, 2.75) is 17.9 Å². The Bertz CT molecular complexity index is 351. The van der Waals surface area contributed by atoms with Crippen LogP contribution in [0.1, 0.15) is 18.6 Å². The van der Waals surface area contributed by atoms with Gasteiger partial charge in [-0.1, -0.05) is 44.0 Å². The Morgan fingerprint density at radius 2 is 2.00 bits per heavy atom. The fourth-order valence-corrected chi connectivity index (χ4v) is 1.88. The second-order valence-corrected chi connectivity index (χ2v) is 5.05. The van der Waals surface area contributed by atoms with E-state index in [1.54, 1.807) is 19.1 Å². The summed E-state index contributed by atoms with van der Waals surface area (Å²) in [5.74, 6) is -0.460. The summed E-state index contributed by atoms with van der Waals surface area (Å²) >= 11 is 6.43. The molecule has 0 aliphatic carbocycles. The van der Waals surface area contributed by atoms with Crippen molar-refractivity contribution in [1.29, 1.82) is 0 Å². The number of carbonyl (C=O) groups is 1. The van der Waals surface area contributed by atoms with Gasteiger partial charge in [-0.3, -0.25) is 4.79 Å². The van der Waals surface area contributed by atoms with Gasteiger partial charge in [0.05, 0.1) is 6.61 Å². The zero-order valence-electron chi connectivity index (χ0n) is 8.69. The molecular formula is C11H12Br2O3. The van der Waals surface area contributed by atoms with E-state index in [2.05, 4.69) is 31.9 Å². The number of alkyl halides is 1. The van der Waals surface area contributed by atoms with Crippen LogP contribution in [0.5, 0.6) is 0 Å². The van der Waals surface area contributed by atoms with Gasteiger partial charge >= 0.3 is 5.97 Å². The Kier molecular flexibility index (Phi) is 5.44. The molecule has 0 amide bonds. The molecule has 1 aromatic rings. The Hall–Kier alpha value is -0.390. The Balaban J connectivity index is 2.73. The van der Waals surface area contributed by atoms with E-state index in [0.717, 1.165) is 4.47 Å². The largest absolute Gasteiger partial charge is 0.465 e. The average Bonchev–Trinajstić information content (AvgIpc) is 2.28. The maximum Gasteiger partial charge on any atom is 0.322 e. The van der Waals surface area contributed by atoms with Crippen LogP contribution in [-0.4, -0.2) is 22.5 Å². The lowest BCUT2D eigenvalue weighted by molar-refractivity contribution is -0.144. The first kappa shape index (κ1) is 13.7. The first-order valence-electron chi connectivity index (χ1n) is 4.80. The van der Waals surface area contributed by atoms with Gasteiger partial charge in [-0.05, 0) is 24.6 Å². The van der Waals surface area contributed by atoms with Gasteiger partial charge < -0.3 is 9.84 Å². The molecule has 0 unspecified atom stereocenters. The van der Waals surface area contributed by atoms with Gasteiger partial charge in [0.25, 0.3) is 0 Å². The van der Waals surface area contributed by atoms with Crippen molar-refractivity contribution in [2.24, 2.45) is 0 Å². The average molecular weight is 352 g/mol. The molecule has 2 atom stereocenters. The normalized spacial score (nSPS) is 14.2. The van der Waals surface area contributed by atoms with E-state index < -0.39 is 16.9 Å². The van der Waals surface area contributed by atoms with Gasteiger partial charge in [-0.15, -0.1) is 0 Å². The van der Waals surface area contributed by atoms with E-state index >= 15 is 0 Å². The lowest BCUT2D eigenvalue weighted by Gasteiger charge is -2.16.